The third-order valence-electron chi connectivity index (χ3n) is 3.89. The molecule has 0 spiro atoms. The van der Waals surface area contributed by atoms with Crippen molar-refractivity contribution < 1.29 is 5.11 Å². The first-order valence-corrected chi connectivity index (χ1v) is 7.65. The van der Waals surface area contributed by atoms with Crippen LogP contribution in [0.5, 0.6) is 0 Å². The first-order valence-electron chi connectivity index (χ1n) is 7.27. The summed E-state index contributed by atoms with van der Waals surface area (Å²) in [6.07, 6.45) is 5.28. The summed E-state index contributed by atoms with van der Waals surface area (Å²) in [7, 11) is 0. The van der Waals surface area contributed by atoms with E-state index in [1.165, 1.54) is 0 Å². The van der Waals surface area contributed by atoms with Gasteiger partial charge >= 0.3 is 0 Å². The maximum atomic E-state index is 10.9. The predicted octanol–water partition coefficient (Wildman–Crippen LogP) is 2.64. The molecule has 0 atom stereocenters. The number of hydrogen-bond acceptors (Lipinski definition) is 3. The Morgan fingerprint density at radius 1 is 1.26 bits per heavy atom. The topological polar surface area (TPSA) is 41.3 Å². The Bertz CT molecular complexity index is 411. The number of rotatable bonds is 5. The van der Waals surface area contributed by atoms with Gasteiger partial charge in [0.2, 0.25) is 0 Å². The summed E-state index contributed by atoms with van der Waals surface area (Å²) < 4.78 is 1.87. The number of aliphatic hydroxyl groups is 1. The highest BCUT2D eigenvalue weighted by Crippen LogP contribution is 2.36. The molecule has 0 unspecified atom stereocenters. The summed E-state index contributed by atoms with van der Waals surface area (Å²) in [5, 5.41) is 15.8. The average molecular weight is 286 g/mol. The summed E-state index contributed by atoms with van der Waals surface area (Å²) in [6, 6.07) is 0. The highest BCUT2D eigenvalue weighted by Gasteiger charge is 2.38. The highest BCUT2D eigenvalue weighted by atomic mass is 35.5. The van der Waals surface area contributed by atoms with Crippen LogP contribution in [0.2, 0.25) is 5.02 Å². The van der Waals surface area contributed by atoms with Crippen LogP contribution in [0.4, 0.5) is 0 Å². The number of aromatic nitrogens is 2. The molecule has 0 aromatic carbocycles. The monoisotopic (exact) mass is 285 g/mol. The van der Waals surface area contributed by atoms with E-state index in [0.29, 0.717) is 5.02 Å². The molecule has 1 saturated heterocycles. The Balaban J connectivity index is 2.15. The molecule has 19 heavy (non-hydrogen) atoms. The molecule has 1 N–H and O–H groups in total. The van der Waals surface area contributed by atoms with Gasteiger partial charge in [-0.2, -0.15) is 5.10 Å². The Hall–Kier alpha value is -0.580. The number of nitrogens with zero attached hydrogens (tertiary/aromatic N) is 3. The molecule has 2 rings (SSSR count). The molecule has 0 bridgehead atoms. The minimum Gasteiger partial charge on any atom is -0.383 e. The Morgan fingerprint density at radius 3 is 2.47 bits per heavy atom. The lowest BCUT2D eigenvalue weighted by atomic mass is 9.88. The van der Waals surface area contributed by atoms with Gasteiger partial charge in [0.05, 0.1) is 16.9 Å². The van der Waals surface area contributed by atoms with Crippen LogP contribution in [-0.4, -0.2) is 39.4 Å². The fourth-order valence-corrected chi connectivity index (χ4v) is 3.22. The zero-order chi connectivity index (χ0) is 13.9. The Morgan fingerprint density at radius 2 is 1.89 bits per heavy atom. The molecule has 1 aromatic rings. The molecule has 0 amide bonds. The van der Waals surface area contributed by atoms with Crippen molar-refractivity contribution in [3.05, 3.63) is 16.9 Å². The van der Waals surface area contributed by atoms with Crippen molar-refractivity contribution >= 4 is 11.6 Å². The average Bonchev–Trinajstić information content (AvgIpc) is 2.75. The zero-order valence-electron chi connectivity index (χ0n) is 11.9. The van der Waals surface area contributed by atoms with Crippen molar-refractivity contribution in [3.63, 3.8) is 0 Å². The second-order valence-electron chi connectivity index (χ2n) is 5.44. The van der Waals surface area contributed by atoms with Crippen molar-refractivity contribution in [1.82, 2.24) is 14.7 Å². The molecule has 1 fully saturated rings. The number of piperidine rings is 1. The fraction of sp³-hybridized carbons (Fsp3) is 0.786. The van der Waals surface area contributed by atoms with Gasteiger partial charge in [0.1, 0.15) is 5.60 Å². The van der Waals surface area contributed by atoms with Gasteiger partial charge in [-0.3, -0.25) is 4.68 Å². The maximum Gasteiger partial charge on any atom is 0.110 e. The normalized spacial score (nSPS) is 19.8. The van der Waals surface area contributed by atoms with Crippen LogP contribution in [0.25, 0.3) is 0 Å². The van der Waals surface area contributed by atoms with E-state index in [9.17, 15) is 5.11 Å². The minimum atomic E-state index is -0.813. The van der Waals surface area contributed by atoms with Gasteiger partial charge < -0.3 is 10.0 Å². The van der Waals surface area contributed by atoms with Crippen molar-refractivity contribution in [1.29, 1.82) is 0 Å². The third kappa shape index (κ3) is 3.12. The van der Waals surface area contributed by atoms with E-state index in [0.717, 1.165) is 57.6 Å². The number of halogens is 1. The highest BCUT2D eigenvalue weighted by molar-refractivity contribution is 6.31. The molecule has 1 aliphatic rings. The van der Waals surface area contributed by atoms with Gasteiger partial charge in [-0.25, -0.2) is 0 Å². The van der Waals surface area contributed by atoms with Crippen molar-refractivity contribution in [2.45, 2.75) is 51.7 Å². The molecule has 108 valence electrons. The van der Waals surface area contributed by atoms with Crippen LogP contribution in [0.3, 0.4) is 0 Å². The Kier molecular flexibility index (Phi) is 4.87. The lowest BCUT2D eigenvalue weighted by molar-refractivity contribution is -0.0325. The lowest BCUT2D eigenvalue weighted by Gasteiger charge is -2.38. The van der Waals surface area contributed by atoms with Crippen molar-refractivity contribution in [2.24, 2.45) is 0 Å². The third-order valence-corrected chi connectivity index (χ3v) is 4.17. The molecule has 0 saturated carbocycles. The van der Waals surface area contributed by atoms with E-state index in [1.807, 2.05) is 4.68 Å². The maximum absolute atomic E-state index is 10.9. The quantitative estimate of drug-likeness (QED) is 0.904. The van der Waals surface area contributed by atoms with Crippen LogP contribution in [0.15, 0.2) is 6.20 Å². The van der Waals surface area contributed by atoms with E-state index in [2.05, 4.69) is 23.8 Å². The van der Waals surface area contributed by atoms with Crippen LogP contribution >= 0.6 is 11.6 Å². The minimum absolute atomic E-state index is 0.597. The second-order valence-corrected chi connectivity index (χ2v) is 5.84. The summed E-state index contributed by atoms with van der Waals surface area (Å²) >= 11 is 6.24. The molecule has 1 aliphatic heterocycles. The van der Waals surface area contributed by atoms with Crippen LogP contribution in [0.1, 0.15) is 45.2 Å². The van der Waals surface area contributed by atoms with Crippen molar-refractivity contribution in [3.8, 4) is 0 Å². The lowest BCUT2D eigenvalue weighted by Crippen LogP contribution is -2.44. The summed E-state index contributed by atoms with van der Waals surface area (Å²) in [5.41, 5.74) is -0.000315. The summed E-state index contributed by atoms with van der Waals surface area (Å²) in [4.78, 5) is 2.41. The fourth-order valence-electron chi connectivity index (χ4n) is 2.91. The molecule has 0 radical (unpaired) electrons. The standard InChI is InChI=1S/C14H24ClN3O/c1-3-7-17-9-5-14(19,6-10-17)13-12(15)11-16-18(13)8-4-2/h11,19H,3-10H2,1-2H3. The first-order chi connectivity index (χ1) is 9.10. The molecule has 2 heterocycles. The Labute approximate surface area is 120 Å². The SMILES string of the molecule is CCCN1CCC(O)(c2c(Cl)cnn2CCC)CC1. The van der Waals surface area contributed by atoms with Crippen LogP contribution < -0.4 is 0 Å². The van der Waals surface area contributed by atoms with Gasteiger partial charge in [-0.1, -0.05) is 25.4 Å². The number of hydrogen-bond donors (Lipinski definition) is 1. The van der Waals surface area contributed by atoms with E-state index in [-0.39, 0.29) is 0 Å². The molecule has 1 aromatic heterocycles. The van der Waals surface area contributed by atoms with Crippen LogP contribution in [0, 0.1) is 0 Å². The summed E-state index contributed by atoms with van der Waals surface area (Å²) in [5.74, 6) is 0. The smallest absolute Gasteiger partial charge is 0.110 e. The van der Waals surface area contributed by atoms with E-state index in [1.54, 1.807) is 6.20 Å². The number of aryl methyl sites for hydroxylation is 1. The largest absolute Gasteiger partial charge is 0.383 e. The first kappa shape index (κ1) is 14.8. The predicted molar refractivity (Wildman–Crippen MR) is 77.4 cm³/mol. The van der Waals surface area contributed by atoms with Gasteiger partial charge in [-0.05, 0) is 32.2 Å². The molecule has 5 heteroatoms. The summed E-state index contributed by atoms with van der Waals surface area (Å²) in [6.45, 7) is 8.07. The van der Waals surface area contributed by atoms with Gasteiger partial charge in [-0.15, -0.1) is 0 Å². The van der Waals surface area contributed by atoms with Crippen LogP contribution in [-0.2, 0) is 12.1 Å². The van der Waals surface area contributed by atoms with E-state index >= 15 is 0 Å². The molecular formula is C14H24ClN3O. The van der Waals surface area contributed by atoms with Gasteiger partial charge in [0, 0.05) is 19.6 Å². The van der Waals surface area contributed by atoms with E-state index < -0.39 is 5.60 Å². The molecule has 0 aliphatic carbocycles. The number of likely N-dealkylation sites (tertiary alicyclic amines) is 1. The zero-order valence-corrected chi connectivity index (χ0v) is 12.7. The molecular weight excluding hydrogens is 262 g/mol. The van der Waals surface area contributed by atoms with Gasteiger partial charge in [0.25, 0.3) is 0 Å². The molecule has 4 nitrogen and oxygen atoms in total. The van der Waals surface area contributed by atoms with Gasteiger partial charge in [0.15, 0.2) is 0 Å². The second kappa shape index (κ2) is 6.25. The van der Waals surface area contributed by atoms with Crippen molar-refractivity contribution in [2.75, 3.05) is 19.6 Å². The van der Waals surface area contributed by atoms with E-state index in [4.69, 9.17) is 11.6 Å².